The molecule has 0 atom stereocenters. The summed E-state index contributed by atoms with van der Waals surface area (Å²) in [6, 6.07) is 8.37. The maximum atomic E-state index is 14.6. The number of anilines is 1. The predicted molar refractivity (Wildman–Crippen MR) is 124 cm³/mol. The standard InChI is InChI=1S/C26H21FN6O4/c27-26-20-17-21(26)19-22(26)18(20)25(17,19)9-29-24(36)13-6-12(31-15-3-4-30-33(13)15)23(35)28-7-10-1-2-14-11(5-10)32-16(34)8-37-14/h1-6,17-22H,7-9H2,(H,28,35)(H,29,36)(H,32,34). The van der Waals surface area contributed by atoms with E-state index in [2.05, 4.69) is 26.0 Å². The lowest BCUT2D eigenvalue weighted by molar-refractivity contribution is -0.645. The maximum Gasteiger partial charge on any atom is 0.270 e. The van der Waals surface area contributed by atoms with Gasteiger partial charge in [-0.2, -0.15) is 5.10 Å². The topological polar surface area (TPSA) is 127 Å². The summed E-state index contributed by atoms with van der Waals surface area (Å²) in [5, 5.41) is 12.8. The van der Waals surface area contributed by atoms with E-state index >= 15 is 0 Å². The summed E-state index contributed by atoms with van der Waals surface area (Å²) in [5.74, 6) is 1.67. The number of hydrogen-bond acceptors (Lipinski definition) is 6. The minimum Gasteiger partial charge on any atom is -0.482 e. The Kier molecular flexibility index (Phi) is 3.31. The van der Waals surface area contributed by atoms with Gasteiger partial charge in [-0.15, -0.1) is 0 Å². The number of nitrogens with one attached hydrogen (secondary N) is 3. The van der Waals surface area contributed by atoms with E-state index in [0.717, 1.165) is 5.56 Å². The number of aromatic nitrogens is 3. The molecule has 1 aliphatic heterocycles. The lowest BCUT2D eigenvalue weighted by Gasteiger charge is -3.09. The number of alkyl halides is 1. The van der Waals surface area contributed by atoms with E-state index in [0.29, 0.717) is 41.4 Å². The van der Waals surface area contributed by atoms with Crippen LogP contribution in [0.5, 0.6) is 5.75 Å². The maximum absolute atomic E-state index is 14.6. The Morgan fingerprint density at radius 1 is 1.08 bits per heavy atom. The number of benzene rings is 1. The molecule has 0 radical (unpaired) electrons. The van der Waals surface area contributed by atoms with Crippen molar-refractivity contribution >= 4 is 29.1 Å². The molecule has 11 heteroatoms. The van der Waals surface area contributed by atoms with Gasteiger partial charge >= 0.3 is 0 Å². The minimum absolute atomic E-state index is 0.0235. The van der Waals surface area contributed by atoms with Crippen LogP contribution in [-0.2, 0) is 11.3 Å². The first kappa shape index (κ1) is 20.1. The number of hydrogen-bond donors (Lipinski definition) is 3. The first-order valence-electron chi connectivity index (χ1n) is 12.6. The first-order chi connectivity index (χ1) is 17.9. The number of nitrogens with zero attached hydrogens (tertiary/aromatic N) is 3. The van der Waals surface area contributed by atoms with Gasteiger partial charge in [0.15, 0.2) is 12.3 Å². The second-order valence-electron chi connectivity index (χ2n) is 11.3. The highest BCUT2D eigenvalue weighted by atomic mass is 19.1. The molecule has 186 valence electrons. The molecule has 3 aromatic rings. The molecule has 7 aliphatic rings. The van der Waals surface area contributed by atoms with Gasteiger partial charge < -0.3 is 20.7 Å². The third-order valence-electron chi connectivity index (χ3n) is 10.2. The smallest absolute Gasteiger partial charge is 0.270 e. The van der Waals surface area contributed by atoms with Gasteiger partial charge in [-0.05, 0) is 40.9 Å². The predicted octanol–water partition coefficient (Wildman–Crippen LogP) is 1.18. The zero-order valence-electron chi connectivity index (χ0n) is 19.4. The molecule has 0 bridgehead atoms. The van der Waals surface area contributed by atoms with Gasteiger partial charge in [0.05, 0.1) is 11.9 Å². The largest absolute Gasteiger partial charge is 0.482 e. The fraction of sp³-hybridized carbons (Fsp3) is 0.423. The van der Waals surface area contributed by atoms with Crippen LogP contribution < -0.4 is 20.7 Å². The van der Waals surface area contributed by atoms with Gasteiger partial charge in [0.1, 0.15) is 22.8 Å². The van der Waals surface area contributed by atoms with Crippen LogP contribution in [0.2, 0.25) is 0 Å². The van der Waals surface area contributed by atoms with Crippen LogP contribution in [0.25, 0.3) is 5.65 Å². The van der Waals surface area contributed by atoms with Gasteiger partial charge in [-0.1, -0.05) is 6.07 Å². The highest BCUT2D eigenvalue weighted by Gasteiger charge is 3.10. The van der Waals surface area contributed by atoms with Gasteiger partial charge in [-0.3, -0.25) is 14.4 Å². The lowest BCUT2D eigenvalue weighted by atomic mass is 8.95. The van der Waals surface area contributed by atoms with E-state index in [1.807, 2.05) is 0 Å². The Hall–Kier alpha value is -4.02. The van der Waals surface area contributed by atoms with Crippen molar-refractivity contribution in [1.82, 2.24) is 25.2 Å². The van der Waals surface area contributed by atoms with Crippen molar-refractivity contribution in [2.24, 2.45) is 40.9 Å². The van der Waals surface area contributed by atoms with Gasteiger partial charge in [-0.25, -0.2) is 13.9 Å². The van der Waals surface area contributed by atoms with E-state index in [1.165, 1.54) is 16.8 Å². The fourth-order valence-corrected chi connectivity index (χ4v) is 9.00. The van der Waals surface area contributed by atoms with Crippen LogP contribution in [0.15, 0.2) is 36.5 Å². The average Bonchev–Trinajstić information content (AvgIpc) is 3.39. The summed E-state index contributed by atoms with van der Waals surface area (Å²) in [6.45, 7) is 0.725. The molecular weight excluding hydrogens is 479 g/mol. The molecule has 37 heavy (non-hydrogen) atoms. The second kappa shape index (κ2) is 6.09. The van der Waals surface area contributed by atoms with Crippen molar-refractivity contribution < 1.29 is 23.5 Å². The number of fused-ring (bicyclic) bond motifs is 2. The number of carbonyl (C=O) groups excluding carboxylic acids is 3. The molecule has 6 saturated carbocycles. The van der Waals surface area contributed by atoms with Crippen molar-refractivity contribution in [1.29, 1.82) is 0 Å². The summed E-state index contributed by atoms with van der Waals surface area (Å²) in [6.07, 6.45) is 1.53. The quantitative estimate of drug-likeness (QED) is 0.467. The van der Waals surface area contributed by atoms with Crippen LogP contribution in [0.1, 0.15) is 26.5 Å². The molecule has 3 N–H and O–H groups in total. The fourth-order valence-electron chi connectivity index (χ4n) is 9.00. The number of halogens is 1. The zero-order chi connectivity index (χ0) is 24.8. The van der Waals surface area contributed by atoms with E-state index in [9.17, 15) is 18.8 Å². The molecule has 3 heterocycles. The molecule has 6 fully saturated rings. The third-order valence-corrected chi connectivity index (χ3v) is 10.2. The monoisotopic (exact) mass is 500 g/mol. The summed E-state index contributed by atoms with van der Waals surface area (Å²) in [4.78, 5) is 42.1. The molecular formula is C26H21FN6O4. The molecule has 6 aliphatic carbocycles. The lowest BCUT2D eigenvalue weighted by Crippen LogP contribution is -3.12. The van der Waals surface area contributed by atoms with Crippen LogP contribution in [-0.4, -0.2) is 51.1 Å². The minimum atomic E-state index is -0.846. The van der Waals surface area contributed by atoms with Crippen molar-refractivity contribution in [3.8, 4) is 5.75 Å². The Morgan fingerprint density at radius 3 is 2.65 bits per heavy atom. The van der Waals surface area contributed by atoms with E-state index in [-0.39, 0.29) is 59.5 Å². The Bertz CT molecular complexity index is 1560. The molecule has 0 saturated heterocycles. The summed E-state index contributed by atoms with van der Waals surface area (Å²) < 4.78 is 21.4. The number of ether oxygens (including phenoxy) is 1. The Labute approximate surface area is 209 Å². The molecule has 10 nitrogen and oxygen atoms in total. The van der Waals surface area contributed by atoms with Crippen LogP contribution in [0.3, 0.4) is 0 Å². The van der Waals surface area contributed by atoms with Gasteiger partial charge in [0.25, 0.3) is 17.7 Å². The van der Waals surface area contributed by atoms with Crippen LogP contribution in [0.4, 0.5) is 10.1 Å². The first-order valence-corrected chi connectivity index (χ1v) is 12.6. The van der Waals surface area contributed by atoms with Crippen LogP contribution in [0, 0.1) is 40.9 Å². The molecule has 0 unspecified atom stereocenters. The molecule has 2 aromatic heterocycles. The molecule has 10 rings (SSSR count). The number of amides is 3. The van der Waals surface area contributed by atoms with E-state index < -0.39 is 11.6 Å². The van der Waals surface area contributed by atoms with Crippen molar-refractivity contribution in [2.75, 3.05) is 18.5 Å². The SMILES string of the molecule is O=C1COc2ccc(CNC(=O)c3cc(C(=O)NCC45C6C7C4C4C5C6C74F)n4nccc4n3)cc2N1. The van der Waals surface area contributed by atoms with E-state index in [4.69, 9.17) is 4.74 Å². The summed E-state index contributed by atoms with van der Waals surface area (Å²) in [7, 11) is 0. The van der Waals surface area contributed by atoms with Crippen molar-refractivity contribution in [3.63, 3.8) is 0 Å². The Balaban J connectivity index is 0.917. The number of rotatable bonds is 6. The zero-order valence-corrected chi connectivity index (χ0v) is 19.4. The summed E-state index contributed by atoms with van der Waals surface area (Å²) in [5.41, 5.74) is 1.31. The second-order valence-corrected chi connectivity index (χ2v) is 11.3. The number of carbonyl (C=O) groups is 3. The van der Waals surface area contributed by atoms with Crippen LogP contribution >= 0.6 is 0 Å². The molecule has 1 aromatic carbocycles. The normalized spacial score (nSPS) is 37.8. The van der Waals surface area contributed by atoms with Crippen molar-refractivity contribution in [3.05, 3.63) is 53.5 Å². The van der Waals surface area contributed by atoms with Crippen molar-refractivity contribution in [2.45, 2.75) is 12.2 Å². The van der Waals surface area contributed by atoms with Gasteiger partial charge in [0, 0.05) is 43.0 Å². The Morgan fingerprint density at radius 2 is 1.86 bits per heavy atom. The van der Waals surface area contributed by atoms with E-state index in [1.54, 1.807) is 24.3 Å². The average molecular weight is 500 g/mol. The highest BCUT2D eigenvalue weighted by Crippen LogP contribution is 3.07. The summed E-state index contributed by atoms with van der Waals surface area (Å²) >= 11 is 0. The van der Waals surface area contributed by atoms with Gasteiger partial charge in [0.2, 0.25) is 0 Å². The molecule has 0 spiro atoms. The highest BCUT2D eigenvalue weighted by molar-refractivity contribution is 5.98. The third kappa shape index (κ3) is 2.03. The molecule has 3 amide bonds.